The fourth-order valence-electron chi connectivity index (χ4n) is 7.78. The van der Waals surface area contributed by atoms with E-state index in [4.69, 9.17) is 15.0 Å². The monoisotopic (exact) mass is 748 g/mol. The second-order valence-corrected chi connectivity index (χ2v) is 15.1. The predicted octanol–water partition coefficient (Wildman–Crippen LogP) is 13.9. The topological polar surface area (TPSA) is 41.9 Å². The van der Waals surface area contributed by atoms with Gasteiger partial charge >= 0.3 is 0 Å². The van der Waals surface area contributed by atoms with Gasteiger partial charge in [-0.3, -0.25) is 0 Å². The lowest BCUT2D eigenvalue weighted by atomic mass is 9.92. The SMILES string of the molecule is C=C1/C=C\C=C/CN(c2cccc(-c3cccc4sc5ccccc5c34)c2)c2cccc(-c3ccc(-c4nc(-c5ccccc5)nc(-c5ccccc5)n4)cc3)c21. The van der Waals surface area contributed by atoms with Gasteiger partial charge in [-0.15, -0.1) is 11.3 Å². The van der Waals surface area contributed by atoms with Gasteiger partial charge in [0.05, 0.1) is 0 Å². The first-order valence-electron chi connectivity index (χ1n) is 19.1. The molecule has 0 aliphatic carbocycles. The van der Waals surface area contributed by atoms with Gasteiger partial charge in [0, 0.05) is 60.3 Å². The van der Waals surface area contributed by atoms with Crippen LogP contribution in [0.1, 0.15) is 5.56 Å². The van der Waals surface area contributed by atoms with Gasteiger partial charge in [-0.2, -0.15) is 0 Å². The van der Waals surface area contributed by atoms with E-state index in [1.54, 1.807) is 0 Å². The van der Waals surface area contributed by atoms with E-state index in [0.29, 0.717) is 24.0 Å². The zero-order valence-corrected chi connectivity index (χ0v) is 31.9. The summed E-state index contributed by atoms with van der Waals surface area (Å²) in [6.45, 7) is 5.31. The molecule has 7 aromatic carbocycles. The molecule has 0 bridgehead atoms. The van der Waals surface area contributed by atoms with E-state index >= 15 is 0 Å². The summed E-state index contributed by atoms with van der Waals surface area (Å²) in [5.74, 6) is 1.92. The van der Waals surface area contributed by atoms with Crippen molar-refractivity contribution < 1.29 is 0 Å². The van der Waals surface area contributed by atoms with E-state index in [0.717, 1.165) is 50.3 Å². The first-order chi connectivity index (χ1) is 28.2. The molecule has 0 saturated heterocycles. The Morgan fingerprint density at radius 2 is 1.07 bits per heavy atom. The number of allylic oxidation sites excluding steroid dienone is 4. The maximum Gasteiger partial charge on any atom is 0.164 e. The Morgan fingerprint density at radius 3 is 1.81 bits per heavy atom. The van der Waals surface area contributed by atoms with Crippen LogP contribution < -0.4 is 4.90 Å². The molecule has 57 heavy (non-hydrogen) atoms. The van der Waals surface area contributed by atoms with Crippen molar-refractivity contribution in [2.24, 2.45) is 0 Å². The van der Waals surface area contributed by atoms with Crippen LogP contribution in [0.5, 0.6) is 0 Å². The van der Waals surface area contributed by atoms with Gasteiger partial charge in [0.2, 0.25) is 0 Å². The van der Waals surface area contributed by atoms with Crippen LogP contribution in [0.3, 0.4) is 0 Å². The number of thiophene rings is 1. The number of hydrogen-bond donors (Lipinski definition) is 0. The van der Waals surface area contributed by atoms with Crippen LogP contribution in [0.15, 0.2) is 201 Å². The Bertz CT molecular complexity index is 2940. The Balaban J connectivity index is 1.05. The first kappa shape index (κ1) is 34.3. The zero-order valence-electron chi connectivity index (χ0n) is 31.1. The maximum absolute atomic E-state index is 4.96. The van der Waals surface area contributed by atoms with Gasteiger partial charge in [-0.25, -0.2) is 15.0 Å². The number of nitrogens with zero attached hydrogens (tertiary/aromatic N) is 4. The van der Waals surface area contributed by atoms with E-state index in [2.05, 4.69) is 145 Å². The number of fused-ring (bicyclic) bond motifs is 4. The summed E-state index contributed by atoms with van der Waals surface area (Å²) in [5.41, 5.74) is 11.7. The van der Waals surface area contributed by atoms with Crippen molar-refractivity contribution in [1.82, 2.24) is 15.0 Å². The second kappa shape index (κ2) is 14.8. The molecule has 3 heterocycles. The van der Waals surface area contributed by atoms with Crippen LogP contribution in [-0.2, 0) is 0 Å². The Morgan fingerprint density at radius 1 is 0.491 bits per heavy atom. The van der Waals surface area contributed by atoms with E-state index in [1.165, 1.54) is 31.3 Å². The van der Waals surface area contributed by atoms with Gasteiger partial charge in [-0.1, -0.05) is 170 Å². The van der Waals surface area contributed by atoms with Crippen LogP contribution in [0.4, 0.5) is 11.4 Å². The minimum absolute atomic E-state index is 0.629. The molecule has 0 spiro atoms. The van der Waals surface area contributed by atoms with Gasteiger partial charge in [0.25, 0.3) is 0 Å². The lowest BCUT2D eigenvalue weighted by Gasteiger charge is -2.28. The molecule has 4 nitrogen and oxygen atoms in total. The number of benzene rings is 7. The molecule has 1 aliphatic rings. The van der Waals surface area contributed by atoms with Crippen molar-refractivity contribution in [2.45, 2.75) is 0 Å². The minimum Gasteiger partial charge on any atom is -0.337 e. The fraction of sp³-hybridized carbons (Fsp3) is 0.0192. The smallest absolute Gasteiger partial charge is 0.164 e. The highest BCUT2D eigenvalue weighted by molar-refractivity contribution is 7.25. The fourth-order valence-corrected chi connectivity index (χ4v) is 8.91. The van der Waals surface area contributed by atoms with Crippen molar-refractivity contribution >= 4 is 48.5 Å². The van der Waals surface area contributed by atoms with E-state index in [9.17, 15) is 0 Å². The molecular formula is C52H36N4S. The van der Waals surface area contributed by atoms with Crippen molar-refractivity contribution in [3.05, 3.63) is 206 Å². The van der Waals surface area contributed by atoms with Crippen molar-refractivity contribution in [3.63, 3.8) is 0 Å². The summed E-state index contributed by atoms with van der Waals surface area (Å²) >= 11 is 1.85. The third-order valence-corrected chi connectivity index (χ3v) is 11.6. The van der Waals surface area contributed by atoms with Crippen LogP contribution in [0.2, 0.25) is 0 Å². The standard InChI is InChI=1S/C52H36N4S/c1-35-16-5-4-12-33-56(41-22-13-21-40(34-41)43-25-15-28-47-49(43)44-23-10-11-27-46(44)57-47)45-26-14-24-42(48(35)45)36-29-31-39(32-30-36)52-54-50(37-17-6-2-7-18-37)53-51(55-52)38-19-8-3-9-20-38/h2-32,34H,1,33H2/b12-4-,16-5-. The van der Waals surface area contributed by atoms with Crippen molar-refractivity contribution in [1.29, 1.82) is 0 Å². The lowest BCUT2D eigenvalue weighted by molar-refractivity contribution is 1.07. The molecule has 9 aromatic rings. The van der Waals surface area contributed by atoms with Gasteiger partial charge < -0.3 is 4.90 Å². The number of aromatic nitrogens is 3. The molecule has 1 aliphatic heterocycles. The quantitative estimate of drug-likeness (QED) is 0.170. The summed E-state index contributed by atoms with van der Waals surface area (Å²) in [7, 11) is 0. The molecule has 0 radical (unpaired) electrons. The Hall–Kier alpha value is -7.21. The highest BCUT2D eigenvalue weighted by Crippen LogP contribution is 2.43. The van der Waals surface area contributed by atoms with Crippen LogP contribution in [-0.4, -0.2) is 21.5 Å². The molecule has 0 saturated carbocycles. The predicted molar refractivity (Wildman–Crippen MR) is 241 cm³/mol. The molecule has 0 atom stereocenters. The summed E-state index contributed by atoms with van der Waals surface area (Å²) in [6.07, 6.45) is 8.52. The third-order valence-electron chi connectivity index (χ3n) is 10.5. The summed E-state index contributed by atoms with van der Waals surface area (Å²) in [6, 6.07) is 59.6. The van der Waals surface area contributed by atoms with Crippen LogP contribution in [0, 0.1) is 0 Å². The molecule has 0 N–H and O–H groups in total. The zero-order chi connectivity index (χ0) is 38.1. The van der Waals surface area contributed by atoms with Crippen molar-refractivity contribution in [2.75, 3.05) is 11.4 Å². The lowest BCUT2D eigenvalue weighted by Crippen LogP contribution is -2.18. The van der Waals surface area contributed by atoms with Gasteiger partial charge in [0.1, 0.15) is 0 Å². The minimum atomic E-state index is 0.629. The molecule has 0 amide bonds. The normalized spacial score (nSPS) is 13.8. The number of anilines is 2. The Kier molecular flexibility index (Phi) is 8.90. The average molecular weight is 749 g/mol. The van der Waals surface area contributed by atoms with Gasteiger partial charge in [-0.05, 0) is 58.2 Å². The molecular weight excluding hydrogens is 713 g/mol. The van der Waals surface area contributed by atoms with E-state index in [-0.39, 0.29) is 0 Å². The largest absolute Gasteiger partial charge is 0.337 e. The number of hydrogen-bond acceptors (Lipinski definition) is 5. The third kappa shape index (κ3) is 6.54. The second-order valence-electron chi connectivity index (χ2n) is 14.1. The summed E-state index contributed by atoms with van der Waals surface area (Å²) in [5, 5.41) is 2.62. The summed E-state index contributed by atoms with van der Waals surface area (Å²) < 4.78 is 2.61. The first-order valence-corrected chi connectivity index (χ1v) is 19.9. The van der Waals surface area contributed by atoms with Gasteiger partial charge in [0.15, 0.2) is 17.5 Å². The van der Waals surface area contributed by atoms with E-state index < -0.39 is 0 Å². The highest BCUT2D eigenvalue weighted by atomic mass is 32.1. The summed E-state index contributed by atoms with van der Waals surface area (Å²) in [4.78, 5) is 17.2. The maximum atomic E-state index is 4.96. The highest BCUT2D eigenvalue weighted by Gasteiger charge is 2.20. The van der Waals surface area contributed by atoms with E-state index in [1.807, 2.05) is 72.0 Å². The van der Waals surface area contributed by atoms with Crippen LogP contribution >= 0.6 is 11.3 Å². The molecule has 2 aromatic heterocycles. The molecule has 5 heteroatoms. The average Bonchev–Trinajstić information content (AvgIpc) is 3.70. The molecule has 270 valence electrons. The molecule has 0 fully saturated rings. The number of rotatable bonds is 6. The molecule has 0 unspecified atom stereocenters. The van der Waals surface area contributed by atoms with Crippen LogP contribution in [0.25, 0.3) is 82.2 Å². The molecule has 10 rings (SSSR count). The Labute approximate surface area is 336 Å². The van der Waals surface area contributed by atoms with Crippen molar-refractivity contribution in [3.8, 4) is 56.4 Å².